The quantitative estimate of drug-likeness (QED) is 0.597. The molecule has 1 aromatic rings. The highest BCUT2D eigenvalue weighted by atomic mass is 35.5. The minimum absolute atomic E-state index is 0.0307. The van der Waals surface area contributed by atoms with Crippen LogP contribution in [-0.2, 0) is 4.79 Å². The van der Waals surface area contributed by atoms with Gasteiger partial charge in [-0.2, -0.15) is 0 Å². The van der Waals surface area contributed by atoms with Gasteiger partial charge >= 0.3 is 0 Å². The van der Waals surface area contributed by atoms with Crippen LogP contribution in [0.5, 0.6) is 5.75 Å². The maximum Gasteiger partial charge on any atom is 0.221 e. The van der Waals surface area contributed by atoms with E-state index in [9.17, 15) is 9.90 Å². The van der Waals surface area contributed by atoms with Crippen LogP contribution in [0.2, 0.25) is 15.1 Å². The number of nitrogens with one attached hydrogen (secondary N) is 1. The second kappa shape index (κ2) is 4.26. The maximum atomic E-state index is 10.8. The number of hydrogen-bond acceptors (Lipinski definition) is 2. The van der Waals surface area contributed by atoms with Crippen LogP contribution in [0.25, 0.3) is 0 Å². The highest BCUT2D eigenvalue weighted by Gasteiger charge is 2.14. The molecule has 0 radical (unpaired) electrons. The number of halogens is 3. The third-order valence-electron chi connectivity index (χ3n) is 1.45. The average Bonchev–Trinajstić information content (AvgIpc) is 2.10. The Balaban J connectivity index is 3.25. The van der Waals surface area contributed by atoms with Gasteiger partial charge in [0.2, 0.25) is 5.91 Å². The van der Waals surface area contributed by atoms with Gasteiger partial charge in [0.15, 0.2) is 5.75 Å². The number of carbonyl (C=O) groups excluding carboxylic acids is 1. The zero-order chi connectivity index (χ0) is 10.9. The molecule has 0 saturated heterocycles. The second-order valence-electron chi connectivity index (χ2n) is 2.56. The Morgan fingerprint density at radius 2 is 1.93 bits per heavy atom. The smallest absolute Gasteiger partial charge is 0.221 e. The molecule has 0 saturated carbocycles. The second-order valence-corrected chi connectivity index (χ2v) is 3.73. The Labute approximate surface area is 95.6 Å². The van der Waals surface area contributed by atoms with E-state index in [0.717, 1.165) is 0 Å². The number of carbonyl (C=O) groups is 1. The summed E-state index contributed by atoms with van der Waals surface area (Å²) in [6.45, 7) is 1.32. The van der Waals surface area contributed by atoms with Crippen LogP contribution in [-0.4, -0.2) is 11.0 Å². The van der Waals surface area contributed by atoms with Crippen LogP contribution in [0.4, 0.5) is 5.69 Å². The molecule has 0 aliphatic heterocycles. The summed E-state index contributed by atoms with van der Waals surface area (Å²) in [6.07, 6.45) is 0. The minimum atomic E-state index is -0.301. The molecule has 0 atom stereocenters. The number of phenolic OH excluding ortho intramolecular Hbond substituents is 1. The Hall–Kier alpha value is -0.640. The van der Waals surface area contributed by atoms with Crippen LogP contribution in [0.15, 0.2) is 6.07 Å². The summed E-state index contributed by atoms with van der Waals surface area (Å²) in [5, 5.41) is 11.7. The van der Waals surface area contributed by atoms with Crippen LogP contribution in [0, 0.1) is 0 Å². The topological polar surface area (TPSA) is 49.3 Å². The highest BCUT2D eigenvalue weighted by Crippen LogP contribution is 2.41. The van der Waals surface area contributed by atoms with Gasteiger partial charge in [-0.25, -0.2) is 0 Å². The van der Waals surface area contributed by atoms with Crippen molar-refractivity contribution in [2.45, 2.75) is 6.92 Å². The molecule has 0 aromatic heterocycles. The van der Waals surface area contributed by atoms with E-state index in [4.69, 9.17) is 34.8 Å². The summed E-state index contributed by atoms with van der Waals surface area (Å²) in [5.41, 5.74) is 0.270. The van der Waals surface area contributed by atoms with E-state index in [-0.39, 0.29) is 32.4 Å². The summed E-state index contributed by atoms with van der Waals surface area (Å²) in [4.78, 5) is 10.8. The SMILES string of the molecule is CC(=O)Nc1cc(Cl)c(O)c(Cl)c1Cl. The van der Waals surface area contributed by atoms with E-state index in [1.807, 2.05) is 0 Å². The molecule has 0 bridgehead atoms. The highest BCUT2D eigenvalue weighted by molar-refractivity contribution is 6.46. The number of benzene rings is 1. The van der Waals surface area contributed by atoms with Crippen LogP contribution >= 0.6 is 34.8 Å². The van der Waals surface area contributed by atoms with Gasteiger partial charge in [-0.3, -0.25) is 4.79 Å². The third-order valence-corrected chi connectivity index (χ3v) is 2.59. The number of rotatable bonds is 1. The van der Waals surface area contributed by atoms with E-state index >= 15 is 0 Å². The van der Waals surface area contributed by atoms with Crippen molar-refractivity contribution in [2.75, 3.05) is 5.32 Å². The van der Waals surface area contributed by atoms with Crippen molar-refractivity contribution >= 4 is 46.4 Å². The van der Waals surface area contributed by atoms with Gasteiger partial charge in [0.25, 0.3) is 0 Å². The number of hydrogen-bond donors (Lipinski definition) is 2. The van der Waals surface area contributed by atoms with E-state index in [1.54, 1.807) is 0 Å². The van der Waals surface area contributed by atoms with Crippen molar-refractivity contribution in [3.63, 3.8) is 0 Å². The molecule has 14 heavy (non-hydrogen) atoms. The molecular formula is C8H6Cl3NO2. The molecular weight excluding hydrogens is 248 g/mol. The summed E-state index contributed by atoms with van der Waals surface area (Å²) in [7, 11) is 0. The summed E-state index contributed by atoms with van der Waals surface area (Å²) >= 11 is 17.0. The summed E-state index contributed by atoms with van der Waals surface area (Å²) in [5.74, 6) is -0.600. The van der Waals surface area contributed by atoms with Crippen molar-refractivity contribution in [2.24, 2.45) is 0 Å². The predicted octanol–water partition coefficient (Wildman–Crippen LogP) is 3.31. The van der Waals surface area contributed by atoms with Gasteiger partial charge in [0.1, 0.15) is 5.02 Å². The molecule has 0 fully saturated rings. The molecule has 0 heterocycles. The Bertz CT molecular complexity index is 393. The van der Waals surface area contributed by atoms with Crippen molar-refractivity contribution in [1.29, 1.82) is 0 Å². The number of aromatic hydroxyl groups is 1. The van der Waals surface area contributed by atoms with Crippen molar-refractivity contribution in [3.05, 3.63) is 21.1 Å². The minimum Gasteiger partial charge on any atom is -0.505 e. The van der Waals surface area contributed by atoms with E-state index in [1.165, 1.54) is 13.0 Å². The van der Waals surface area contributed by atoms with Gasteiger partial charge in [0, 0.05) is 6.92 Å². The third kappa shape index (κ3) is 2.23. The molecule has 6 heteroatoms. The molecule has 1 amide bonds. The van der Waals surface area contributed by atoms with Gasteiger partial charge in [0.05, 0.1) is 15.7 Å². The first kappa shape index (κ1) is 11.4. The van der Waals surface area contributed by atoms with Gasteiger partial charge in [-0.15, -0.1) is 0 Å². The largest absolute Gasteiger partial charge is 0.505 e. The summed E-state index contributed by atoms with van der Waals surface area (Å²) in [6, 6.07) is 1.33. The van der Waals surface area contributed by atoms with Gasteiger partial charge in [-0.1, -0.05) is 34.8 Å². The van der Waals surface area contributed by atoms with Crippen LogP contribution in [0.1, 0.15) is 6.92 Å². The Kier molecular flexibility index (Phi) is 3.48. The molecule has 0 spiro atoms. The zero-order valence-electron chi connectivity index (χ0n) is 7.07. The lowest BCUT2D eigenvalue weighted by atomic mass is 10.3. The number of anilines is 1. The Morgan fingerprint density at radius 3 is 2.43 bits per heavy atom. The lowest BCUT2D eigenvalue weighted by Crippen LogP contribution is -2.06. The molecule has 1 aromatic carbocycles. The van der Waals surface area contributed by atoms with Crippen LogP contribution < -0.4 is 5.32 Å². The van der Waals surface area contributed by atoms with Crippen molar-refractivity contribution in [3.8, 4) is 5.75 Å². The molecule has 2 N–H and O–H groups in total. The fourth-order valence-electron chi connectivity index (χ4n) is 0.866. The van der Waals surface area contributed by atoms with E-state index in [2.05, 4.69) is 5.32 Å². The molecule has 76 valence electrons. The number of phenols is 1. The zero-order valence-corrected chi connectivity index (χ0v) is 9.33. The van der Waals surface area contributed by atoms with Crippen LogP contribution in [0.3, 0.4) is 0 Å². The fourth-order valence-corrected chi connectivity index (χ4v) is 1.51. The lowest BCUT2D eigenvalue weighted by molar-refractivity contribution is -0.114. The molecule has 1 rings (SSSR count). The Morgan fingerprint density at radius 1 is 1.36 bits per heavy atom. The van der Waals surface area contributed by atoms with E-state index < -0.39 is 0 Å². The normalized spacial score (nSPS) is 10.0. The van der Waals surface area contributed by atoms with Crippen molar-refractivity contribution < 1.29 is 9.90 Å². The van der Waals surface area contributed by atoms with Gasteiger partial charge < -0.3 is 10.4 Å². The molecule has 0 aliphatic carbocycles. The lowest BCUT2D eigenvalue weighted by Gasteiger charge is -2.08. The monoisotopic (exact) mass is 253 g/mol. The first-order chi connectivity index (χ1) is 6.43. The van der Waals surface area contributed by atoms with E-state index in [0.29, 0.717) is 0 Å². The molecule has 3 nitrogen and oxygen atoms in total. The summed E-state index contributed by atoms with van der Waals surface area (Å²) < 4.78 is 0. The fraction of sp³-hybridized carbons (Fsp3) is 0.125. The molecule has 0 unspecified atom stereocenters. The average molecular weight is 254 g/mol. The first-order valence-electron chi connectivity index (χ1n) is 3.57. The standard InChI is InChI=1S/C8H6Cl3NO2/c1-3(13)12-5-2-4(9)8(14)7(11)6(5)10/h2,14H,1H3,(H,12,13). The predicted molar refractivity (Wildman–Crippen MR) is 57.4 cm³/mol. The first-order valence-corrected chi connectivity index (χ1v) is 4.71. The number of amides is 1. The maximum absolute atomic E-state index is 10.8. The van der Waals surface area contributed by atoms with Crippen molar-refractivity contribution in [1.82, 2.24) is 0 Å². The molecule has 0 aliphatic rings. The van der Waals surface area contributed by atoms with Gasteiger partial charge in [-0.05, 0) is 6.07 Å².